The highest BCUT2D eigenvalue weighted by Gasteiger charge is 2.37. The van der Waals surface area contributed by atoms with Crippen molar-refractivity contribution >= 4 is 34.9 Å². The second-order valence-corrected chi connectivity index (χ2v) is 7.10. The summed E-state index contributed by atoms with van der Waals surface area (Å²) >= 11 is 0. The fourth-order valence-electron chi connectivity index (χ4n) is 3.32. The first kappa shape index (κ1) is 22.0. The van der Waals surface area contributed by atoms with Gasteiger partial charge in [-0.2, -0.15) is 0 Å². The molecule has 1 fully saturated rings. The minimum atomic E-state index is -0.670. The zero-order valence-electron chi connectivity index (χ0n) is 17.4. The number of rotatable bonds is 8. The van der Waals surface area contributed by atoms with Crippen molar-refractivity contribution < 1.29 is 28.7 Å². The highest BCUT2D eigenvalue weighted by atomic mass is 16.5. The monoisotopic (exact) mass is 424 g/mol. The van der Waals surface area contributed by atoms with Gasteiger partial charge in [0, 0.05) is 24.2 Å². The Hall–Kier alpha value is -3.68. The van der Waals surface area contributed by atoms with Crippen LogP contribution >= 0.6 is 0 Å². The average Bonchev–Trinajstić information content (AvgIpc) is 3.14. The molecule has 0 aromatic heterocycles. The van der Waals surface area contributed by atoms with Gasteiger partial charge in [0.2, 0.25) is 5.91 Å². The summed E-state index contributed by atoms with van der Waals surface area (Å²) < 4.78 is 10.7. The molecule has 0 aliphatic carbocycles. The summed E-state index contributed by atoms with van der Waals surface area (Å²) in [5.41, 5.74) is 1.50. The molecule has 1 aliphatic heterocycles. The number of carbonyl (C=O) groups is 4. The van der Waals surface area contributed by atoms with Crippen LogP contribution in [-0.2, 0) is 19.1 Å². The first-order valence-electron chi connectivity index (χ1n) is 9.98. The summed E-state index contributed by atoms with van der Waals surface area (Å²) in [6.07, 6.45) is 0.00156. The molecule has 1 N–H and O–H groups in total. The number of anilines is 2. The molecule has 0 unspecified atom stereocenters. The van der Waals surface area contributed by atoms with Crippen molar-refractivity contribution in [1.82, 2.24) is 0 Å². The fourth-order valence-corrected chi connectivity index (χ4v) is 3.32. The number of hydrogen-bond acceptors (Lipinski definition) is 6. The lowest BCUT2D eigenvalue weighted by Crippen LogP contribution is -2.28. The van der Waals surface area contributed by atoms with Crippen molar-refractivity contribution in [2.75, 3.05) is 30.0 Å². The first-order valence-corrected chi connectivity index (χ1v) is 9.98. The van der Waals surface area contributed by atoms with Gasteiger partial charge in [-0.25, -0.2) is 0 Å². The third-order valence-electron chi connectivity index (χ3n) is 4.81. The van der Waals surface area contributed by atoms with Crippen LogP contribution in [0.5, 0.6) is 5.75 Å². The predicted octanol–water partition coefficient (Wildman–Crippen LogP) is 2.82. The van der Waals surface area contributed by atoms with Gasteiger partial charge in [0.15, 0.2) is 12.4 Å². The number of amides is 2. The number of benzene rings is 2. The zero-order valence-corrected chi connectivity index (χ0v) is 17.4. The molecule has 8 nitrogen and oxygen atoms in total. The summed E-state index contributed by atoms with van der Waals surface area (Å²) in [4.78, 5) is 49.9. The number of hydrogen-bond donors (Lipinski definition) is 1. The van der Waals surface area contributed by atoms with Crippen LogP contribution < -0.4 is 15.0 Å². The molecule has 8 heteroatoms. The Bertz CT molecular complexity index is 1000. The fraction of sp³-hybridized carbons (Fsp3) is 0.304. The SMILES string of the molecule is CCOc1ccccc1N1C[C@H](C(=O)OCC(=O)Nc2cccc(C(C)=O)c2)CC1=O. The second-order valence-electron chi connectivity index (χ2n) is 7.10. The highest BCUT2D eigenvalue weighted by Crippen LogP contribution is 2.33. The molecule has 1 heterocycles. The molecule has 2 aromatic carbocycles. The second kappa shape index (κ2) is 9.88. The van der Waals surface area contributed by atoms with Gasteiger partial charge in [-0.1, -0.05) is 24.3 Å². The summed E-state index contributed by atoms with van der Waals surface area (Å²) in [7, 11) is 0. The number of Topliss-reactive ketones (excluding diaryl/α,β-unsaturated/α-hetero) is 1. The number of esters is 1. The van der Waals surface area contributed by atoms with E-state index in [1.54, 1.807) is 42.5 Å². The molecule has 0 bridgehead atoms. The maximum Gasteiger partial charge on any atom is 0.311 e. The van der Waals surface area contributed by atoms with Crippen LogP contribution in [0.25, 0.3) is 0 Å². The maximum absolute atomic E-state index is 12.5. The van der Waals surface area contributed by atoms with Crippen molar-refractivity contribution in [2.24, 2.45) is 5.92 Å². The quantitative estimate of drug-likeness (QED) is 0.516. The van der Waals surface area contributed by atoms with E-state index in [-0.39, 0.29) is 24.7 Å². The van der Waals surface area contributed by atoms with Crippen LogP contribution in [0.2, 0.25) is 0 Å². The number of para-hydroxylation sites is 2. The van der Waals surface area contributed by atoms with Gasteiger partial charge in [-0.05, 0) is 38.1 Å². The van der Waals surface area contributed by atoms with Crippen molar-refractivity contribution in [2.45, 2.75) is 20.3 Å². The molecule has 1 saturated heterocycles. The molecule has 1 aliphatic rings. The van der Waals surface area contributed by atoms with Gasteiger partial charge in [-0.15, -0.1) is 0 Å². The van der Waals surface area contributed by atoms with Crippen LogP contribution in [0.3, 0.4) is 0 Å². The number of carbonyl (C=O) groups excluding carboxylic acids is 4. The molecule has 31 heavy (non-hydrogen) atoms. The number of ether oxygens (including phenoxy) is 2. The van der Waals surface area contributed by atoms with E-state index in [1.807, 2.05) is 13.0 Å². The minimum absolute atomic E-state index is 0.00156. The molecule has 0 radical (unpaired) electrons. The lowest BCUT2D eigenvalue weighted by atomic mass is 10.1. The van der Waals surface area contributed by atoms with Gasteiger partial charge in [-0.3, -0.25) is 19.2 Å². The van der Waals surface area contributed by atoms with Gasteiger partial charge in [0.1, 0.15) is 5.75 Å². The number of nitrogens with one attached hydrogen (secondary N) is 1. The smallest absolute Gasteiger partial charge is 0.311 e. The Morgan fingerprint density at radius 3 is 2.65 bits per heavy atom. The Labute approximate surface area is 180 Å². The number of nitrogens with zero attached hydrogens (tertiary/aromatic N) is 1. The zero-order chi connectivity index (χ0) is 22.4. The average molecular weight is 424 g/mol. The summed E-state index contributed by atoms with van der Waals surface area (Å²) in [5.74, 6) is -1.58. The van der Waals surface area contributed by atoms with E-state index < -0.39 is 24.4 Å². The van der Waals surface area contributed by atoms with E-state index in [9.17, 15) is 19.2 Å². The van der Waals surface area contributed by atoms with E-state index in [1.165, 1.54) is 11.8 Å². The third-order valence-corrected chi connectivity index (χ3v) is 4.81. The summed E-state index contributed by atoms with van der Waals surface area (Å²) in [6.45, 7) is 3.41. The maximum atomic E-state index is 12.5. The van der Waals surface area contributed by atoms with E-state index in [0.717, 1.165) is 0 Å². The Balaban J connectivity index is 1.56. The van der Waals surface area contributed by atoms with E-state index in [2.05, 4.69) is 5.32 Å². The van der Waals surface area contributed by atoms with E-state index >= 15 is 0 Å². The van der Waals surface area contributed by atoms with Gasteiger partial charge >= 0.3 is 5.97 Å². The largest absolute Gasteiger partial charge is 0.492 e. The highest BCUT2D eigenvalue weighted by molar-refractivity contribution is 6.01. The van der Waals surface area contributed by atoms with Gasteiger partial charge < -0.3 is 19.7 Å². The first-order chi connectivity index (χ1) is 14.9. The van der Waals surface area contributed by atoms with Crippen LogP contribution in [0.15, 0.2) is 48.5 Å². The van der Waals surface area contributed by atoms with Crippen LogP contribution in [0.1, 0.15) is 30.6 Å². The summed E-state index contributed by atoms with van der Waals surface area (Å²) in [6, 6.07) is 13.6. The minimum Gasteiger partial charge on any atom is -0.492 e. The number of ketones is 1. The van der Waals surface area contributed by atoms with E-state index in [4.69, 9.17) is 9.47 Å². The van der Waals surface area contributed by atoms with Gasteiger partial charge in [0.05, 0.1) is 18.2 Å². The Kier molecular flexibility index (Phi) is 7.02. The predicted molar refractivity (Wildman–Crippen MR) is 114 cm³/mol. The van der Waals surface area contributed by atoms with Crippen molar-refractivity contribution in [3.05, 3.63) is 54.1 Å². The molecule has 2 amide bonds. The molecule has 162 valence electrons. The molecule has 2 aromatic rings. The molecular weight excluding hydrogens is 400 g/mol. The molecule has 0 spiro atoms. The third kappa shape index (κ3) is 5.48. The van der Waals surface area contributed by atoms with Crippen LogP contribution in [0, 0.1) is 5.92 Å². The van der Waals surface area contributed by atoms with Crippen molar-refractivity contribution in [3.63, 3.8) is 0 Å². The van der Waals surface area contributed by atoms with E-state index in [0.29, 0.717) is 29.3 Å². The van der Waals surface area contributed by atoms with Crippen molar-refractivity contribution in [1.29, 1.82) is 0 Å². The van der Waals surface area contributed by atoms with Gasteiger partial charge in [0.25, 0.3) is 5.91 Å². The normalized spacial score (nSPS) is 15.5. The van der Waals surface area contributed by atoms with Crippen LogP contribution in [0.4, 0.5) is 11.4 Å². The molecule has 1 atom stereocenters. The lowest BCUT2D eigenvalue weighted by molar-refractivity contribution is -0.151. The molecular formula is C23H24N2O6. The standard InChI is InChI=1S/C23H24N2O6/c1-3-30-20-10-5-4-9-19(20)25-13-17(12-22(25)28)23(29)31-14-21(27)24-18-8-6-7-16(11-18)15(2)26/h4-11,17H,3,12-14H2,1-2H3,(H,24,27)/t17-/m1/s1. The lowest BCUT2D eigenvalue weighted by Gasteiger charge is -2.19. The topological polar surface area (TPSA) is 102 Å². The summed E-state index contributed by atoms with van der Waals surface area (Å²) in [5, 5.41) is 2.59. The van der Waals surface area contributed by atoms with Crippen molar-refractivity contribution in [3.8, 4) is 5.75 Å². The Morgan fingerprint density at radius 1 is 1.13 bits per heavy atom. The molecule has 3 rings (SSSR count). The molecule has 0 saturated carbocycles. The van der Waals surface area contributed by atoms with Crippen LogP contribution in [-0.4, -0.2) is 43.3 Å². The Morgan fingerprint density at radius 2 is 1.90 bits per heavy atom.